The number of benzene rings is 2. The highest BCUT2D eigenvalue weighted by molar-refractivity contribution is 6.10. The molecule has 0 saturated heterocycles. The topological polar surface area (TPSA) is 111 Å². The zero-order chi connectivity index (χ0) is 18.6. The van der Waals surface area contributed by atoms with Crippen LogP contribution in [0.5, 0.6) is 5.75 Å². The van der Waals surface area contributed by atoms with Crippen molar-refractivity contribution >= 4 is 23.2 Å². The lowest BCUT2D eigenvalue weighted by molar-refractivity contribution is -0.385. The summed E-state index contributed by atoms with van der Waals surface area (Å²) >= 11 is 0. The van der Waals surface area contributed by atoms with Crippen LogP contribution in [-0.4, -0.2) is 30.9 Å². The van der Waals surface area contributed by atoms with Crippen LogP contribution in [0.3, 0.4) is 0 Å². The van der Waals surface area contributed by atoms with Gasteiger partial charge in [0.05, 0.1) is 23.3 Å². The first-order valence-corrected chi connectivity index (χ1v) is 7.34. The van der Waals surface area contributed by atoms with E-state index in [1.807, 2.05) is 0 Å². The fourth-order valence-electron chi connectivity index (χ4n) is 2.34. The van der Waals surface area contributed by atoms with Crippen molar-refractivity contribution in [2.45, 2.75) is 6.92 Å². The van der Waals surface area contributed by atoms with Gasteiger partial charge in [-0.2, -0.15) is 0 Å². The van der Waals surface area contributed by atoms with Gasteiger partial charge in [0.2, 0.25) is 0 Å². The van der Waals surface area contributed by atoms with E-state index in [4.69, 9.17) is 4.74 Å². The van der Waals surface area contributed by atoms with Gasteiger partial charge in [-0.05, 0) is 31.2 Å². The molecule has 25 heavy (non-hydrogen) atoms. The number of hydrogen-bond acceptors (Lipinski definition) is 5. The number of nitrogens with zero attached hydrogens (tertiary/aromatic N) is 1. The first kappa shape index (κ1) is 17.9. The largest absolute Gasteiger partial charge is 0.497 e. The zero-order valence-electron chi connectivity index (χ0n) is 14.0. The summed E-state index contributed by atoms with van der Waals surface area (Å²) in [6.07, 6.45) is 0. The summed E-state index contributed by atoms with van der Waals surface area (Å²) in [5, 5.41) is 16.1. The number of nitro benzene ring substituents is 1. The van der Waals surface area contributed by atoms with Crippen LogP contribution in [0.4, 0.5) is 11.4 Å². The van der Waals surface area contributed by atoms with Gasteiger partial charge in [-0.1, -0.05) is 6.07 Å². The van der Waals surface area contributed by atoms with Crippen LogP contribution in [0.1, 0.15) is 26.3 Å². The molecule has 0 aromatic heterocycles. The van der Waals surface area contributed by atoms with Gasteiger partial charge in [0.1, 0.15) is 5.75 Å². The Kier molecular flexibility index (Phi) is 5.33. The maximum Gasteiger partial charge on any atom is 0.273 e. The highest BCUT2D eigenvalue weighted by Gasteiger charge is 2.20. The standard InChI is InChI=1S/C17H17N3O5/c1-10-12(5-4-6-15(10)20(23)24)17(22)19-14-8-7-11(25-3)9-13(14)16(21)18-2/h4-9H,1-3H3,(H,18,21)(H,19,22). The van der Waals surface area contributed by atoms with E-state index in [0.717, 1.165) is 0 Å². The third-order valence-electron chi connectivity index (χ3n) is 3.69. The highest BCUT2D eigenvalue weighted by atomic mass is 16.6. The molecule has 0 aliphatic heterocycles. The zero-order valence-corrected chi connectivity index (χ0v) is 14.0. The molecular formula is C17H17N3O5. The van der Waals surface area contributed by atoms with E-state index in [0.29, 0.717) is 5.75 Å². The Hall–Kier alpha value is -3.42. The van der Waals surface area contributed by atoms with Gasteiger partial charge in [-0.3, -0.25) is 19.7 Å². The molecule has 0 aliphatic carbocycles. The molecule has 8 heteroatoms. The molecule has 2 aromatic rings. The molecule has 0 unspecified atom stereocenters. The minimum absolute atomic E-state index is 0.145. The lowest BCUT2D eigenvalue weighted by atomic mass is 10.1. The summed E-state index contributed by atoms with van der Waals surface area (Å²) in [7, 11) is 2.94. The van der Waals surface area contributed by atoms with Crippen molar-refractivity contribution in [3.63, 3.8) is 0 Å². The summed E-state index contributed by atoms with van der Waals surface area (Å²) in [5.74, 6) is -0.482. The van der Waals surface area contributed by atoms with Crippen LogP contribution >= 0.6 is 0 Å². The monoisotopic (exact) mass is 343 g/mol. The van der Waals surface area contributed by atoms with Crippen LogP contribution in [0, 0.1) is 17.0 Å². The number of methoxy groups -OCH3 is 1. The number of carbonyl (C=O) groups is 2. The molecule has 0 heterocycles. The predicted molar refractivity (Wildman–Crippen MR) is 92.2 cm³/mol. The second kappa shape index (κ2) is 7.43. The number of amides is 2. The average Bonchev–Trinajstić information content (AvgIpc) is 2.61. The first-order chi connectivity index (χ1) is 11.9. The number of carbonyl (C=O) groups excluding carboxylic acids is 2. The third-order valence-corrected chi connectivity index (χ3v) is 3.69. The molecule has 0 fully saturated rings. The maximum absolute atomic E-state index is 12.5. The van der Waals surface area contributed by atoms with Crippen LogP contribution < -0.4 is 15.4 Å². The Balaban J connectivity index is 2.40. The SMILES string of the molecule is CNC(=O)c1cc(OC)ccc1NC(=O)c1cccc([N+](=O)[O-])c1C. The summed E-state index contributed by atoms with van der Waals surface area (Å²) < 4.78 is 5.09. The van der Waals surface area contributed by atoms with Crippen molar-refractivity contribution in [3.8, 4) is 5.75 Å². The highest BCUT2D eigenvalue weighted by Crippen LogP contribution is 2.25. The molecular weight excluding hydrogens is 326 g/mol. The molecule has 2 amide bonds. The van der Waals surface area contributed by atoms with Crippen LogP contribution in [0.25, 0.3) is 0 Å². The molecule has 0 radical (unpaired) electrons. The first-order valence-electron chi connectivity index (χ1n) is 7.34. The van der Waals surface area contributed by atoms with E-state index in [2.05, 4.69) is 10.6 Å². The van der Waals surface area contributed by atoms with Crippen LogP contribution in [0.15, 0.2) is 36.4 Å². The molecule has 0 aliphatic rings. The van der Waals surface area contributed by atoms with Crippen molar-refractivity contribution in [3.05, 3.63) is 63.2 Å². The fraction of sp³-hybridized carbons (Fsp3) is 0.176. The van der Waals surface area contributed by atoms with Gasteiger partial charge in [0, 0.05) is 24.2 Å². The Morgan fingerprint density at radius 1 is 1.12 bits per heavy atom. The van der Waals surface area contributed by atoms with E-state index < -0.39 is 16.7 Å². The van der Waals surface area contributed by atoms with Crippen molar-refractivity contribution in [2.75, 3.05) is 19.5 Å². The average molecular weight is 343 g/mol. The van der Waals surface area contributed by atoms with E-state index in [9.17, 15) is 19.7 Å². The van der Waals surface area contributed by atoms with E-state index in [-0.39, 0.29) is 28.1 Å². The summed E-state index contributed by atoms with van der Waals surface area (Å²) in [6.45, 7) is 1.50. The minimum atomic E-state index is -0.546. The molecule has 2 rings (SSSR count). The Morgan fingerprint density at radius 3 is 2.44 bits per heavy atom. The van der Waals surface area contributed by atoms with Gasteiger partial charge in [-0.15, -0.1) is 0 Å². The molecule has 8 nitrogen and oxygen atoms in total. The lowest BCUT2D eigenvalue weighted by Crippen LogP contribution is -2.22. The number of ether oxygens (including phenoxy) is 1. The Labute approximate surface area is 144 Å². The van der Waals surface area contributed by atoms with Gasteiger partial charge >= 0.3 is 0 Å². The van der Waals surface area contributed by atoms with Crippen molar-refractivity contribution in [2.24, 2.45) is 0 Å². The predicted octanol–water partition coefficient (Wildman–Crippen LogP) is 2.52. The maximum atomic E-state index is 12.5. The van der Waals surface area contributed by atoms with Gasteiger partial charge in [0.15, 0.2) is 0 Å². The van der Waals surface area contributed by atoms with E-state index in [1.54, 1.807) is 6.07 Å². The molecule has 0 saturated carbocycles. The Bertz CT molecular complexity index is 848. The number of rotatable bonds is 5. The van der Waals surface area contributed by atoms with Crippen LogP contribution in [-0.2, 0) is 0 Å². The number of nitro groups is 1. The molecule has 2 aromatic carbocycles. The van der Waals surface area contributed by atoms with Gasteiger partial charge in [-0.25, -0.2) is 0 Å². The minimum Gasteiger partial charge on any atom is -0.497 e. The third kappa shape index (κ3) is 3.74. The summed E-state index contributed by atoms with van der Waals surface area (Å²) in [5.41, 5.74) is 0.760. The quantitative estimate of drug-likeness (QED) is 0.640. The van der Waals surface area contributed by atoms with E-state index in [1.165, 1.54) is 51.4 Å². The van der Waals surface area contributed by atoms with Crippen molar-refractivity contribution in [1.82, 2.24) is 5.32 Å². The fourth-order valence-corrected chi connectivity index (χ4v) is 2.34. The molecule has 2 N–H and O–H groups in total. The Morgan fingerprint density at radius 2 is 1.84 bits per heavy atom. The van der Waals surface area contributed by atoms with Gasteiger partial charge < -0.3 is 15.4 Å². The molecule has 0 bridgehead atoms. The van der Waals surface area contributed by atoms with Crippen molar-refractivity contribution in [1.29, 1.82) is 0 Å². The van der Waals surface area contributed by atoms with E-state index >= 15 is 0 Å². The molecule has 0 atom stereocenters. The second-order valence-corrected chi connectivity index (χ2v) is 5.15. The number of anilines is 1. The summed E-state index contributed by atoms with van der Waals surface area (Å²) in [6, 6.07) is 8.88. The molecule has 130 valence electrons. The number of hydrogen-bond donors (Lipinski definition) is 2. The van der Waals surface area contributed by atoms with Crippen LogP contribution in [0.2, 0.25) is 0 Å². The smallest absolute Gasteiger partial charge is 0.273 e. The lowest BCUT2D eigenvalue weighted by Gasteiger charge is -2.13. The second-order valence-electron chi connectivity index (χ2n) is 5.15. The normalized spacial score (nSPS) is 10.0. The summed E-state index contributed by atoms with van der Waals surface area (Å²) in [4.78, 5) is 35.0. The van der Waals surface area contributed by atoms with Gasteiger partial charge in [0.25, 0.3) is 17.5 Å². The number of nitrogens with one attached hydrogen (secondary N) is 2. The molecule has 0 spiro atoms. The van der Waals surface area contributed by atoms with Crippen molar-refractivity contribution < 1.29 is 19.2 Å².